The van der Waals surface area contributed by atoms with Gasteiger partial charge in [-0.2, -0.15) is 0 Å². The summed E-state index contributed by atoms with van der Waals surface area (Å²) in [4.78, 5) is 16.5. The maximum atomic E-state index is 12.3. The van der Waals surface area contributed by atoms with Gasteiger partial charge in [0.1, 0.15) is 6.61 Å². The first-order valence-corrected chi connectivity index (χ1v) is 8.44. The van der Waals surface area contributed by atoms with Crippen LogP contribution in [0, 0.1) is 0 Å². The molecule has 1 aromatic heterocycles. The van der Waals surface area contributed by atoms with Crippen LogP contribution in [0.5, 0.6) is 5.88 Å². The van der Waals surface area contributed by atoms with Crippen LogP contribution in [0.3, 0.4) is 0 Å². The molecule has 0 aliphatic carbocycles. The highest BCUT2D eigenvalue weighted by molar-refractivity contribution is 5.94. The molecule has 0 saturated carbocycles. The van der Waals surface area contributed by atoms with Crippen molar-refractivity contribution in [3.8, 4) is 5.88 Å². The largest absolute Gasteiger partial charge is 0.475 e. The maximum Gasteiger partial charge on any atom is 0.253 e. The quantitative estimate of drug-likeness (QED) is 0.778. The fraction of sp³-hybridized carbons (Fsp3) is 0.400. The maximum absolute atomic E-state index is 12.3. The number of carbonyl (C=O) groups is 1. The van der Waals surface area contributed by atoms with Gasteiger partial charge >= 0.3 is 0 Å². The predicted octanol–water partition coefficient (Wildman–Crippen LogP) is 3.77. The van der Waals surface area contributed by atoms with Gasteiger partial charge in [0, 0.05) is 12.3 Å². The lowest BCUT2D eigenvalue weighted by molar-refractivity contribution is -0.0168. The molecule has 0 unspecified atom stereocenters. The average molecular weight is 342 g/mol. The van der Waals surface area contributed by atoms with E-state index >= 15 is 0 Å². The lowest BCUT2D eigenvalue weighted by Gasteiger charge is -2.19. The summed E-state index contributed by atoms with van der Waals surface area (Å²) in [7, 11) is 0. The van der Waals surface area contributed by atoms with E-state index in [-0.39, 0.29) is 17.6 Å². The van der Waals surface area contributed by atoms with Gasteiger partial charge in [-0.25, -0.2) is 4.98 Å². The number of aromatic nitrogens is 1. The summed E-state index contributed by atoms with van der Waals surface area (Å²) in [5.41, 5.74) is 1.37. The van der Waals surface area contributed by atoms with Crippen molar-refractivity contribution < 1.29 is 14.3 Å². The number of benzene rings is 1. The number of nitrogens with zero attached hydrogens (tertiary/aromatic N) is 1. The van der Waals surface area contributed by atoms with Crippen LogP contribution in [0.25, 0.3) is 0 Å². The van der Waals surface area contributed by atoms with Gasteiger partial charge in [-0.3, -0.25) is 4.79 Å². The second-order valence-corrected chi connectivity index (χ2v) is 6.80. The molecule has 1 aromatic carbocycles. The van der Waals surface area contributed by atoms with Crippen LogP contribution in [0.4, 0.5) is 0 Å². The monoisotopic (exact) mass is 342 g/mol. The fourth-order valence-electron chi connectivity index (χ4n) is 2.20. The van der Waals surface area contributed by atoms with Gasteiger partial charge in [0.05, 0.1) is 23.8 Å². The summed E-state index contributed by atoms with van der Waals surface area (Å²) in [6.07, 6.45) is 1.52. The summed E-state index contributed by atoms with van der Waals surface area (Å²) in [5, 5.41) is 2.96. The number of pyridine rings is 1. The van der Waals surface area contributed by atoms with Crippen molar-refractivity contribution in [1.29, 1.82) is 0 Å². The van der Waals surface area contributed by atoms with Gasteiger partial charge in [0.2, 0.25) is 5.88 Å². The van der Waals surface area contributed by atoms with E-state index in [4.69, 9.17) is 9.47 Å². The van der Waals surface area contributed by atoms with E-state index in [1.807, 2.05) is 58.0 Å². The fourth-order valence-corrected chi connectivity index (χ4v) is 2.20. The Hall–Kier alpha value is -2.40. The summed E-state index contributed by atoms with van der Waals surface area (Å²) in [6, 6.07) is 13.2. The van der Waals surface area contributed by atoms with Gasteiger partial charge in [-0.1, -0.05) is 30.3 Å². The molecule has 5 nitrogen and oxygen atoms in total. The molecule has 134 valence electrons. The standard InChI is InChI=1S/C20H26N2O3/c1-15(16-8-6-5-7-9-16)22-19(23)17-10-11-18(21-14-17)24-12-13-25-20(2,3)4/h5-11,14-15H,12-13H2,1-4H3,(H,22,23)/t15-/m1/s1. The Morgan fingerprint density at radius 2 is 1.84 bits per heavy atom. The van der Waals surface area contributed by atoms with E-state index in [0.29, 0.717) is 24.7 Å². The van der Waals surface area contributed by atoms with Crippen LogP contribution in [-0.4, -0.2) is 29.7 Å². The summed E-state index contributed by atoms with van der Waals surface area (Å²) in [6.45, 7) is 8.84. The van der Waals surface area contributed by atoms with Crippen molar-refractivity contribution in [2.45, 2.75) is 39.3 Å². The molecule has 0 saturated heterocycles. The Bertz CT molecular complexity index is 664. The molecule has 0 spiro atoms. The average Bonchev–Trinajstić information content (AvgIpc) is 2.59. The van der Waals surface area contributed by atoms with Crippen molar-refractivity contribution in [3.63, 3.8) is 0 Å². The number of hydrogen-bond donors (Lipinski definition) is 1. The van der Waals surface area contributed by atoms with E-state index in [0.717, 1.165) is 5.56 Å². The van der Waals surface area contributed by atoms with E-state index in [9.17, 15) is 4.79 Å². The van der Waals surface area contributed by atoms with Gasteiger partial charge in [0.25, 0.3) is 5.91 Å². The molecule has 1 heterocycles. The highest BCUT2D eigenvalue weighted by Gasteiger charge is 2.12. The molecule has 0 aliphatic rings. The Morgan fingerprint density at radius 3 is 2.44 bits per heavy atom. The van der Waals surface area contributed by atoms with Crippen molar-refractivity contribution in [2.75, 3.05) is 13.2 Å². The first-order valence-electron chi connectivity index (χ1n) is 8.44. The van der Waals surface area contributed by atoms with Crippen LogP contribution in [0.15, 0.2) is 48.7 Å². The molecular formula is C20H26N2O3. The minimum absolute atomic E-state index is 0.0702. The summed E-state index contributed by atoms with van der Waals surface area (Å²) < 4.78 is 11.1. The van der Waals surface area contributed by atoms with E-state index in [1.165, 1.54) is 6.20 Å². The minimum Gasteiger partial charge on any atom is -0.475 e. The normalized spacial score (nSPS) is 12.5. The SMILES string of the molecule is C[C@@H](NC(=O)c1ccc(OCCOC(C)(C)C)nc1)c1ccccc1. The third-order valence-electron chi connectivity index (χ3n) is 3.51. The lowest BCUT2D eigenvalue weighted by Crippen LogP contribution is -2.26. The number of ether oxygens (including phenoxy) is 2. The van der Waals surface area contributed by atoms with Crippen molar-refractivity contribution >= 4 is 5.91 Å². The summed E-state index contributed by atoms with van der Waals surface area (Å²) in [5.74, 6) is 0.316. The second kappa shape index (κ2) is 8.62. The highest BCUT2D eigenvalue weighted by Crippen LogP contribution is 2.13. The van der Waals surface area contributed by atoms with Crippen LogP contribution < -0.4 is 10.1 Å². The molecule has 1 N–H and O–H groups in total. The van der Waals surface area contributed by atoms with Crippen molar-refractivity contribution in [3.05, 3.63) is 59.8 Å². The number of rotatable bonds is 7. The Kier molecular flexibility index (Phi) is 6.53. The van der Waals surface area contributed by atoms with E-state index < -0.39 is 0 Å². The molecular weight excluding hydrogens is 316 g/mol. The van der Waals surface area contributed by atoms with E-state index in [1.54, 1.807) is 12.1 Å². The van der Waals surface area contributed by atoms with Gasteiger partial charge in [-0.15, -0.1) is 0 Å². The molecule has 0 radical (unpaired) electrons. The van der Waals surface area contributed by atoms with Gasteiger partial charge < -0.3 is 14.8 Å². The van der Waals surface area contributed by atoms with Crippen LogP contribution in [0.1, 0.15) is 49.7 Å². The Labute approximate surface area is 149 Å². The van der Waals surface area contributed by atoms with E-state index in [2.05, 4.69) is 10.3 Å². The molecule has 2 rings (SSSR count). The molecule has 0 bridgehead atoms. The minimum atomic E-state index is -0.186. The molecule has 1 amide bonds. The smallest absolute Gasteiger partial charge is 0.253 e. The van der Waals surface area contributed by atoms with Crippen LogP contribution in [-0.2, 0) is 4.74 Å². The van der Waals surface area contributed by atoms with Crippen molar-refractivity contribution in [1.82, 2.24) is 10.3 Å². The third-order valence-corrected chi connectivity index (χ3v) is 3.51. The zero-order chi connectivity index (χ0) is 18.3. The number of nitrogens with one attached hydrogen (secondary N) is 1. The van der Waals surface area contributed by atoms with Gasteiger partial charge in [-0.05, 0) is 39.3 Å². The molecule has 0 fully saturated rings. The lowest BCUT2D eigenvalue weighted by atomic mass is 10.1. The number of carbonyl (C=O) groups excluding carboxylic acids is 1. The summed E-state index contributed by atoms with van der Waals surface area (Å²) >= 11 is 0. The number of hydrogen-bond acceptors (Lipinski definition) is 4. The molecule has 1 atom stereocenters. The Balaban J connectivity index is 1.83. The zero-order valence-corrected chi connectivity index (χ0v) is 15.3. The molecule has 5 heteroatoms. The first kappa shape index (κ1) is 18.9. The third kappa shape index (κ3) is 6.55. The Morgan fingerprint density at radius 1 is 1.12 bits per heavy atom. The molecule has 25 heavy (non-hydrogen) atoms. The highest BCUT2D eigenvalue weighted by atomic mass is 16.5. The molecule has 0 aliphatic heterocycles. The number of amides is 1. The first-order chi connectivity index (χ1) is 11.8. The topological polar surface area (TPSA) is 60.5 Å². The van der Waals surface area contributed by atoms with Gasteiger partial charge in [0.15, 0.2) is 0 Å². The van der Waals surface area contributed by atoms with Crippen LogP contribution in [0.2, 0.25) is 0 Å². The predicted molar refractivity (Wildman–Crippen MR) is 97.8 cm³/mol. The molecule has 2 aromatic rings. The van der Waals surface area contributed by atoms with Crippen LogP contribution >= 0.6 is 0 Å². The van der Waals surface area contributed by atoms with Crippen molar-refractivity contribution in [2.24, 2.45) is 0 Å². The second-order valence-electron chi connectivity index (χ2n) is 6.80. The zero-order valence-electron chi connectivity index (χ0n) is 15.3.